The van der Waals surface area contributed by atoms with E-state index in [0.717, 1.165) is 29.6 Å². The molecule has 0 fully saturated rings. The zero-order valence-electron chi connectivity index (χ0n) is 30.5. The van der Waals surface area contributed by atoms with Crippen LogP contribution < -0.4 is 0 Å². The largest absolute Gasteiger partial charge is 0.282 e. The molecule has 0 unspecified atom stereocenters. The van der Waals surface area contributed by atoms with Crippen LogP contribution in [0.1, 0.15) is 49.6 Å². The molecule has 0 N–H and O–H groups in total. The van der Waals surface area contributed by atoms with Crippen LogP contribution in [0.2, 0.25) is 0 Å². The van der Waals surface area contributed by atoms with Crippen molar-refractivity contribution < 1.29 is 0 Å². The molecule has 7 aromatic carbocycles. The van der Waals surface area contributed by atoms with Crippen molar-refractivity contribution in [2.45, 2.75) is 39.0 Å². The summed E-state index contributed by atoms with van der Waals surface area (Å²) in [5.41, 5.74) is 9.81. The summed E-state index contributed by atoms with van der Waals surface area (Å²) in [6, 6.07) is 48.9. The molecule has 1 aliphatic carbocycles. The standard InChI is InChI=1S/C50H37N3S/c1-50(2,3)32-21-24-46-43(29-32)42-27-30(33-16-10-17-40-39-15-8-9-18-47(39)54-48(33)40)20-23-45(42)53(46)49-51-26-25-44(52-49)31-19-22-38-36-13-5-4-11-34(36)35-12-6-7-14-37(35)41(38)28-31/h4-19,21-22,24-29H,20,23H2,1-3H3. The van der Waals surface area contributed by atoms with Crippen molar-refractivity contribution in [2.75, 3.05) is 0 Å². The van der Waals surface area contributed by atoms with E-state index in [1.165, 1.54) is 85.8 Å². The Balaban J connectivity index is 1.10. The first-order valence-electron chi connectivity index (χ1n) is 18.9. The molecule has 3 heterocycles. The minimum Gasteiger partial charge on any atom is -0.282 e. The summed E-state index contributed by atoms with van der Waals surface area (Å²) < 4.78 is 5.05. The van der Waals surface area contributed by atoms with Crippen LogP contribution in [-0.2, 0) is 11.8 Å². The highest BCUT2D eigenvalue weighted by atomic mass is 32.1. The first-order valence-corrected chi connectivity index (χ1v) is 19.7. The highest BCUT2D eigenvalue weighted by Gasteiger charge is 2.26. The summed E-state index contributed by atoms with van der Waals surface area (Å²) in [5, 5.41) is 11.5. The van der Waals surface area contributed by atoms with Crippen molar-refractivity contribution in [1.29, 1.82) is 0 Å². The summed E-state index contributed by atoms with van der Waals surface area (Å²) in [5.74, 6) is 0.717. The number of nitrogens with zero attached hydrogens (tertiary/aromatic N) is 3. The molecule has 0 bridgehead atoms. The van der Waals surface area contributed by atoms with Gasteiger partial charge in [-0.15, -0.1) is 11.3 Å². The van der Waals surface area contributed by atoms with E-state index in [9.17, 15) is 0 Å². The maximum Gasteiger partial charge on any atom is 0.234 e. The van der Waals surface area contributed by atoms with Crippen molar-refractivity contribution in [1.82, 2.24) is 14.5 Å². The smallest absolute Gasteiger partial charge is 0.234 e. The summed E-state index contributed by atoms with van der Waals surface area (Å²) >= 11 is 1.91. The van der Waals surface area contributed by atoms with Gasteiger partial charge in [0.2, 0.25) is 5.95 Å². The molecule has 0 amide bonds. The van der Waals surface area contributed by atoms with E-state index >= 15 is 0 Å². The van der Waals surface area contributed by atoms with Gasteiger partial charge in [0.05, 0.1) is 11.2 Å². The highest BCUT2D eigenvalue weighted by Crippen LogP contribution is 2.44. The number of hydrogen-bond acceptors (Lipinski definition) is 3. The number of thiophene rings is 1. The van der Waals surface area contributed by atoms with E-state index in [-0.39, 0.29) is 5.41 Å². The van der Waals surface area contributed by atoms with Crippen LogP contribution in [0.4, 0.5) is 0 Å². The minimum atomic E-state index is 0.0229. The summed E-state index contributed by atoms with van der Waals surface area (Å²) in [7, 11) is 0. The number of hydrogen-bond donors (Lipinski definition) is 0. The summed E-state index contributed by atoms with van der Waals surface area (Å²) in [6.45, 7) is 6.88. The molecule has 11 rings (SSSR count). The fourth-order valence-electron chi connectivity index (χ4n) is 8.87. The molecule has 0 saturated carbocycles. The lowest BCUT2D eigenvalue weighted by molar-refractivity contribution is 0.591. The predicted molar refractivity (Wildman–Crippen MR) is 231 cm³/mol. The molecule has 10 aromatic rings. The van der Waals surface area contributed by atoms with E-state index in [0.29, 0.717) is 5.95 Å². The van der Waals surface area contributed by atoms with Crippen molar-refractivity contribution in [3.05, 3.63) is 162 Å². The Kier molecular flexibility index (Phi) is 6.81. The molecule has 54 heavy (non-hydrogen) atoms. The fourth-order valence-corrected chi connectivity index (χ4v) is 10.1. The van der Waals surface area contributed by atoms with Crippen LogP contribution >= 0.6 is 11.3 Å². The minimum absolute atomic E-state index is 0.0229. The molecular formula is C50H37N3S. The zero-order valence-corrected chi connectivity index (χ0v) is 31.3. The molecule has 3 aromatic heterocycles. The molecular weight excluding hydrogens is 675 g/mol. The Labute approximate surface area is 317 Å². The van der Waals surface area contributed by atoms with Gasteiger partial charge in [-0.2, -0.15) is 0 Å². The molecule has 3 nitrogen and oxygen atoms in total. The quantitative estimate of drug-likeness (QED) is 0.171. The van der Waals surface area contributed by atoms with E-state index in [1.54, 1.807) is 0 Å². The van der Waals surface area contributed by atoms with Gasteiger partial charge in [0.25, 0.3) is 0 Å². The molecule has 0 spiro atoms. The predicted octanol–water partition coefficient (Wildman–Crippen LogP) is 13.7. The second-order valence-electron chi connectivity index (χ2n) is 15.7. The lowest BCUT2D eigenvalue weighted by atomic mass is 9.85. The Hall–Kier alpha value is -6.10. The second kappa shape index (κ2) is 11.7. The van der Waals surface area contributed by atoms with E-state index in [1.807, 2.05) is 23.6 Å². The van der Waals surface area contributed by atoms with Gasteiger partial charge in [0.15, 0.2) is 0 Å². The Morgan fingerprint density at radius 1 is 0.593 bits per heavy atom. The monoisotopic (exact) mass is 711 g/mol. The molecule has 0 saturated heterocycles. The van der Waals surface area contributed by atoms with Gasteiger partial charge >= 0.3 is 0 Å². The van der Waals surface area contributed by atoms with E-state index in [2.05, 4.69) is 159 Å². The lowest BCUT2D eigenvalue weighted by Gasteiger charge is -2.19. The SMILES string of the molecule is CC(C)(C)c1ccc2c(c1)c1c(n2-c2nccc(-c3ccc4c5ccccc5c5ccccc5c4c3)n2)CCC(c2cccc3c2sc2ccccc23)=C1. The van der Waals surface area contributed by atoms with Crippen LogP contribution in [0.3, 0.4) is 0 Å². The normalized spacial score (nSPS) is 13.4. The van der Waals surface area contributed by atoms with Gasteiger partial charge in [-0.05, 0) is 104 Å². The first-order chi connectivity index (χ1) is 26.4. The van der Waals surface area contributed by atoms with E-state index < -0.39 is 0 Å². The molecule has 0 atom stereocenters. The number of aromatic nitrogens is 3. The van der Waals surface area contributed by atoms with Crippen molar-refractivity contribution in [2.24, 2.45) is 0 Å². The maximum absolute atomic E-state index is 5.34. The van der Waals surface area contributed by atoms with Gasteiger partial charge in [0, 0.05) is 48.6 Å². The summed E-state index contributed by atoms with van der Waals surface area (Å²) in [4.78, 5) is 10.3. The average Bonchev–Trinajstić information content (AvgIpc) is 3.76. The van der Waals surface area contributed by atoms with Crippen molar-refractivity contribution in [3.8, 4) is 17.2 Å². The topological polar surface area (TPSA) is 30.7 Å². The number of allylic oxidation sites excluding steroid dienone is 1. The summed E-state index contributed by atoms with van der Waals surface area (Å²) in [6.07, 6.45) is 6.25. The molecule has 1 aliphatic rings. The van der Waals surface area contributed by atoms with E-state index in [4.69, 9.17) is 9.97 Å². The number of rotatable bonds is 3. The van der Waals surface area contributed by atoms with Gasteiger partial charge < -0.3 is 0 Å². The average molecular weight is 712 g/mol. The van der Waals surface area contributed by atoms with Gasteiger partial charge in [-0.25, -0.2) is 9.97 Å². The molecule has 258 valence electrons. The van der Waals surface area contributed by atoms with Gasteiger partial charge in [0.1, 0.15) is 0 Å². The van der Waals surface area contributed by atoms with Gasteiger partial charge in [-0.1, -0.05) is 124 Å². The highest BCUT2D eigenvalue weighted by molar-refractivity contribution is 7.26. The van der Waals surface area contributed by atoms with Crippen LogP contribution in [0, 0.1) is 0 Å². The zero-order chi connectivity index (χ0) is 36.1. The first kappa shape index (κ1) is 31.4. The van der Waals surface area contributed by atoms with Gasteiger partial charge in [-0.3, -0.25) is 4.57 Å². The molecule has 0 aliphatic heterocycles. The molecule has 4 heteroatoms. The Bertz CT molecular complexity index is 3170. The maximum atomic E-state index is 5.34. The fraction of sp³-hybridized carbons (Fsp3) is 0.120. The number of fused-ring (bicyclic) bond motifs is 12. The second-order valence-corrected chi connectivity index (χ2v) is 16.8. The van der Waals surface area contributed by atoms with Crippen molar-refractivity contribution >= 4 is 86.4 Å². The Morgan fingerprint density at radius 3 is 2.04 bits per heavy atom. The molecule has 0 radical (unpaired) electrons. The third-order valence-electron chi connectivity index (χ3n) is 11.6. The lowest BCUT2D eigenvalue weighted by Crippen LogP contribution is -2.10. The van der Waals surface area contributed by atoms with Crippen LogP contribution in [-0.4, -0.2) is 14.5 Å². The van der Waals surface area contributed by atoms with Crippen LogP contribution in [0.5, 0.6) is 0 Å². The third kappa shape index (κ3) is 4.73. The third-order valence-corrected chi connectivity index (χ3v) is 12.8. The van der Waals surface area contributed by atoms with Crippen LogP contribution in [0.25, 0.3) is 92.2 Å². The van der Waals surface area contributed by atoms with Crippen molar-refractivity contribution in [3.63, 3.8) is 0 Å². The Morgan fingerprint density at radius 2 is 1.28 bits per heavy atom. The van der Waals surface area contributed by atoms with Crippen LogP contribution in [0.15, 0.2) is 140 Å². The number of benzene rings is 7.